The number of hydrogen-bond acceptors (Lipinski definition) is 4. The van der Waals surface area contributed by atoms with Gasteiger partial charge < -0.3 is 5.32 Å². The zero-order chi connectivity index (χ0) is 12.2. The Bertz CT molecular complexity index is 413. The number of nitrogens with zero attached hydrogens (tertiary/aromatic N) is 1. The Morgan fingerprint density at radius 1 is 1.22 bits per heavy atom. The zero-order valence-electron chi connectivity index (χ0n) is 10.3. The molecule has 1 N–H and O–H groups in total. The highest BCUT2D eigenvalue weighted by molar-refractivity contribution is 8.14. The standard InChI is InChI=1S/C14H18N2S2/c1-2-4-11(5-3-1)8-13-10-18-14(16-13)15-12-6-7-17-9-12/h1-5,12-13H,6-10H2,(H,15,16). The highest BCUT2D eigenvalue weighted by Gasteiger charge is 2.22. The summed E-state index contributed by atoms with van der Waals surface area (Å²) in [4.78, 5) is 4.81. The van der Waals surface area contributed by atoms with Crippen molar-refractivity contribution < 1.29 is 0 Å². The second-order valence-electron chi connectivity index (χ2n) is 4.79. The first kappa shape index (κ1) is 12.4. The number of hydrogen-bond donors (Lipinski definition) is 1. The normalized spacial score (nSPS) is 27.2. The van der Waals surface area contributed by atoms with Gasteiger partial charge in [-0.05, 0) is 24.2 Å². The van der Waals surface area contributed by atoms with Crippen LogP contribution in [0.15, 0.2) is 35.3 Å². The van der Waals surface area contributed by atoms with E-state index < -0.39 is 0 Å². The first-order valence-electron chi connectivity index (χ1n) is 6.49. The third kappa shape index (κ3) is 3.23. The monoisotopic (exact) mass is 278 g/mol. The van der Waals surface area contributed by atoms with E-state index in [-0.39, 0.29) is 0 Å². The molecule has 2 atom stereocenters. The molecule has 1 aromatic rings. The van der Waals surface area contributed by atoms with Crippen LogP contribution in [0.2, 0.25) is 0 Å². The first-order valence-corrected chi connectivity index (χ1v) is 8.63. The lowest BCUT2D eigenvalue weighted by molar-refractivity contribution is 0.677. The fourth-order valence-electron chi connectivity index (χ4n) is 2.31. The van der Waals surface area contributed by atoms with E-state index in [0.29, 0.717) is 12.1 Å². The lowest BCUT2D eigenvalue weighted by Gasteiger charge is -2.10. The summed E-state index contributed by atoms with van der Waals surface area (Å²) in [5.41, 5.74) is 1.39. The quantitative estimate of drug-likeness (QED) is 0.920. The van der Waals surface area contributed by atoms with E-state index in [1.165, 1.54) is 28.7 Å². The third-order valence-corrected chi connectivity index (χ3v) is 5.49. The molecule has 0 radical (unpaired) electrons. The smallest absolute Gasteiger partial charge is 0.157 e. The molecule has 3 rings (SSSR count). The van der Waals surface area contributed by atoms with Crippen molar-refractivity contribution >= 4 is 28.7 Å². The Morgan fingerprint density at radius 2 is 2.11 bits per heavy atom. The van der Waals surface area contributed by atoms with Gasteiger partial charge in [0.15, 0.2) is 5.17 Å². The predicted octanol–water partition coefficient (Wildman–Crippen LogP) is 2.80. The van der Waals surface area contributed by atoms with E-state index in [0.717, 1.165) is 12.2 Å². The van der Waals surface area contributed by atoms with Gasteiger partial charge in [-0.25, -0.2) is 0 Å². The van der Waals surface area contributed by atoms with Gasteiger partial charge in [0.1, 0.15) is 0 Å². The fourth-order valence-corrected chi connectivity index (χ4v) is 4.48. The van der Waals surface area contributed by atoms with Gasteiger partial charge >= 0.3 is 0 Å². The molecule has 0 aliphatic carbocycles. The number of nitrogens with one attached hydrogen (secondary N) is 1. The van der Waals surface area contributed by atoms with Gasteiger partial charge in [-0.3, -0.25) is 4.99 Å². The van der Waals surface area contributed by atoms with Gasteiger partial charge in [-0.15, -0.1) is 0 Å². The van der Waals surface area contributed by atoms with Crippen molar-refractivity contribution in [3.8, 4) is 0 Å². The van der Waals surface area contributed by atoms with Crippen molar-refractivity contribution in [1.29, 1.82) is 0 Å². The Kier molecular flexibility index (Phi) is 4.16. The van der Waals surface area contributed by atoms with Crippen LogP contribution < -0.4 is 5.32 Å². The van der Waals surface area contributed by atoms with Crippen LogP contribution in [0.1, 0.15) is 12.0 Å². The molecule has 1 saturated heterocycles. The number of aliphatic imine (C=N–C) groups is 1. The molecule has 0 spiro atoms. The summed E-state index contributed by atoms with van der Waals surface area (Å²) >= 11 is 3.93. The summed E-state index contributed by atoms with van der Waals surface area (Å²) in [6.45, 7) is 0. The van der Waals surface area contributed by atoms with Gasteiger partial charge in [0.05, 0.1) is 6.04 Å². The van der Waals surface area contributed by atoms with Crippen molar-refractivity contribution in [1.82, 2.24) is 5.32 Å². The molecule has 1 fully saturated rings. The molecular formula is C14H18N2S2. The molecule has 96 valence electrons. The highest BCUT2D eigenvalue weighted by Crippen LogP contribution is 2.23. The fraction of sp³-hybridized carbons (Fsp3) is 0.500. The number of thioether (sulfide) groups is 2. The largest absolute Gasteiger partial charge is 0.361 e. The summed E-state index contributed by atoms with van der Waals surface area (Å²) < 4.78 is 0. The van der Waals surface area contributed by atoms with Crippen LogP contribution in [0.5, 0.6) is 0 Å². The van der Waals surface area contributed by atoms with Crippen molar-refractivity contribution in [3.63, 3.8) is 0 Å². The van der Waals surface area contributed by atoms with Crippen LogP contribution in [0.4, 0.5) is 0 Å². The van der Waals surface area contributed by atoms with Gasteiger partial charge in [0.2, 0.25) is 0 Å². The third-order valence-electron chi connectivity index (χ3n) is 3.28. The highest BCUT2D eigenvalue weighted by atomic mass is 32.2. The number of amidine groups is 1. The van der Waals surface area contributed by atoms with Crippen molar-refractivity contribution in [2.45, 2.75) is 24.9 Å². The second kappa shape index (κ2) is 6.02. The minimum Gasteiger partial charge on any atom is -0.361 e. The molecule has 0 amide bonds. The minimum atomic E-state index is 0.453. The number of benzene rings is 1. The molecular weight excluding hydrogens is 260 g/mol. The van der Waals surface area contributed by atoms with E-state index in [2.05, 4.69) is 35.6 Å². The van der Waals surface area contributed by atoms with E-state index in [1.54, 1.807) is 0 Å². The Labute approximate surface area is 117 Å². The van der Waals surface area contributed by atoms with E-state index >= 15 is 0 Å². The molecule has 2 heterocycles. The lowest BCUT2D eigenvalue weighted by atomic mass is 10.1. The van der Waals surface area contributed by atoms with Crippen LogP contribution in [0.25, 0.3) is 0 Å². The van der Waals surface area contributed by atoms with Gasteiger partial charge in [0.25, 0.3) is 0 Å². The maximum absolute atomic E-state index is 4.81. The molecule has 2 aliphatic rings. The maximum atomic E-state index is 4.81. The van der Waals surface area contributed by atoms with Crippen LogP contribution in [0.3, 0.4) is 0 Å². The Hall–Kier alpha value is -0.610. The van der Waals surface area contributed by atoms with E-state index in [4.69, 9.17) is 4.99 Å². The summed E-state index contributed by atoms with van der Waals surface area (Å²) in [6.07, 6.45) is 2.35. The molecule has 2 unspecified atom stereocenters. The van der Waals surface area contributed by atoms with Gasteiger partial charge in [-0.2, -0.15) is 11.8 Å². The number of rotatable bonds is 3. The molecule has 0 saturated carbocycles. The van der Waals surface area contributed by atoms with E-state index in [9.17, 15) is 0 Å². The van der Waals surface area contributed by atoms with Crippen LogP contribution in [0, 0.1) is 0 Å². The molecule has 18 heavy (non-hydrogen) atoms. The summed E-state index contributed by atoms with van der Waals surface area (Å²) in [5, 5.41) is 4.76. The zero-order valence-corrected chi connectivity index (χ0v) is 12.0. The average molecular weight is 278 g/mol. The Morgan fingerprint density at radius 3 is 2.89 bits per heavy atom. The summed E-state index contributed by atoms with van der Waals surface area (Å²) in [5.74, 6) is 3.66. The molecule has 2 nitrogen and oxygen atoms in total. The van der Waals surface area contributed by atoms with Crippen molar-refractivity contribution in [3.05, 3.63) is 35.9 Å². The van der Waals surface area contributed by atoms with Crippen LogP contribution in [-0.2, 0) is 6.42 Å². The van der Waals surface area contributed by atoms with Crippen LogP contribution in [-0.4, -0.2) is 34.5 Å². The van der Waals surface area contributed by atoms with Gasteiger partial charge in [-0.1, -0.05) is 42.1 Å². The second-order valence-corrected chi connectivity index (χ2v) is 6.95. The molecule has 0 bridgehead atoms. The average Bonchev–Trinajstić information content (AvgIpc) is 3.03. The van der Waals surface area contributed by atoms with E-state index in [1.807, 2.05) is 23.5 Å². The summed E-state index contributed by atoms with van der Waals surface area (Å²) in [7, 11) is 0. The van der Waals surface area contributed by atoms with Crippen molar-refractivity contribution in [2.24, 2.45) is 4.99 Å². The molecule has 2 aliphatic heterocycles. The maximum Gasteiger partial charge on any atom is 0.157 e. The Balaban J connectivity index is 1.54. The minimum absolute atomic E-state index is 0.453. The topological polar surface area (TPSA) is 24.4 Å². The first-order chi connectivity index (χ1) is 8.90. The lowest BCUT2D eigenvalue weighted by Crippen LogP contribution is -2.32. The molecule has 1 aromatic carbocycles. The predicted molar refractivity (Wildman–Crippen MR) is 82.7 cm³/mol. The molecule has 4 heteroatoms. The molecule has 0 aromatic heterocycles. The SMILES string of the molecule is c1ccc(CC2CSC(NC3CCSC3)=N2)cc1. The summed E-state index contributed by atoms with van der Waals surface area (Å²) in [6, 6.07) is 11.8. The van der Waals surface area contributed by atoms with Crippen LogP contribution >= 0.6 is 23.5 Å². The van der Waals surface area contributed by atoms with Gasteiger partial charge in [0, 0.05) is 17.5 Å². The van der Waals surface area contributed by atoms with Crippen molar-refractivity contribution in [2.75, 3.05) is 17.3 Å².